The van der Waals surface area contributed by atoms with Gasteiger partial charge in [0.05, 0.1) is 11.9 Å². The van der Waals surface area contributed by atoms with Crippen molar-refractivity contribution in [2.45, 2.75) is 39.2 Å². The summed E-state index contributed by atoms with van der Waals surface area (Å²) in [5.74, 6) is 0. The van der Waals surface area contributed by atoms with Gasteiger partial charge in [0.15, 0.2) is 0 Å². The van der Waals surface area contributed by atoms with Crippen molar-refractivity contribution in [3.05, 3.63) is 23.0 Å². The van der Waals surface area contributed by atoms with Crippen LogP contribution in [-0.4, -0.2) is 30.3 Å². The topological polar surface area (TPSA) is 62.3 Å². The Labute approximate surface area is 119 Å². The van der Waals surface area contributed by atoms with Gasteiger partial charge in [-0.05, 0) is 38.3 Å². The van der Waals surface area contributed by atoms with Gasteiger partial charge in [-0.15, -0.1) is 0 Å². The van der Waals surface area contributed by atoms with Gasteiger partial charge in [0.25, 0.3) is 0 Å². The van der Waals surface area contributed by atoms with E-state index in [4.69, 9.17) is 11.6 Å². The number of hydrogen-bond acceptors (Lipinski definition) is 3. The third kappa shape index (κ3) is 3.38. The molecule has 2 rings (SSSR count). The third-order valence-electron chi connectivity index (χ3n) is 3.31. The van der Waals surface area contributed by atoms with Crippen molar-refractivity contribution in [1.82, 2.24) is 9.29 Å². The highest BCUT2D eigenvalue weighted by molar-refractivity contribution is 7.90. The third-order valence-corrected chi connectivity index (χ3v) is 5.36. The number of anilines is 1. The molecule has 0 aromatic carbocycles. The maximum atomic E-state index is 12.3. The molecule has 1 saturated heterocycles. The maximum absolute atomic E-state index is 12.3. The van der Waals surface area contributed by atoms with E-state index in [9.17, 15) is 8.42 Å². The van der Waals surface area contributed by atoms with Gasteiger partial charge in [0, 0.05) is 12.6 Å². The molecule has 2 heterocycles. The minimum atomic E-state index is -3.51. The summed E-state index contributed by atoms with van der Waals surface area (Å²) in [7, 11) is -3.51. The maximum Gasteiger partial charge on any atom is 0.301 e. The summed E-state index contributed by atoms with van der Waals surface area (Å²) < 4.78 is 28.7. The zero-order chi connectivity index (χ0) is 14.0. The Morgan fingerprint density at radius 2 is 2.21 bits per heavy atom. The first-order valence-electron chi connectivity index (χ1n) is 6.32. The molecule has 1 atom stereocenters. The van der Waals surface area contributed by atoms with E-state index >= 15 is 0 Å². The number of aromatic nitrogens is 1. The zero-order valence-corrected chi connectivity index (χ0v) is 12.6. The van der Waals surface area contributed by atoms with Crippen molar-refractivity contribution in [2.75, 3.05) is 11.3 Å². The molecule has 0 bridgehead atoms. The molecule has 0 aliphatic carbocycles. The van der Waals surface area contributed by atoms with Crippen LogP contribution in [0.5, 0.6) is 0 Å². The highest BCUT2D eigenvalue weighted by Crippen LogP contribution is 2.22. The Morgan fingerprint density at radius 1 is 1.47 bits per heavy atom. The number of rotatable bonds is 3. The van der Waals surface area contributed by atoms with Crippen LogP contribution in [0.15, 0.2) is 12.3 Å². The molecule has 1 aromatic rings. The largest absolute Gasteiger partial charge is 0.301 e. The number of nitrogens with zero attached hydrogens (tertiary/aromatic N) is 2. The van der Waals surface area contributed by atoms with Crippen LogP contribution in [-0.2, 0) is 10.2 Å². The van der Waals surface area contributed by atoms with Crippen molar-refractivity contribution in [2.24, 2.45) is 0 Å². The number of pyridine rings is 1. The normalized spacial score (nSPS) is 21.3. The molecule has 7 heteroatoms. The number of nitrogens with one attached hydrogen (secondary N) is 1. The van der Waals surface area contributed by atoms with Crippen LogP contribution in [0.3, 0.4) is 0 Å². The summed E-state index contributed by atoms with van der Waals surface area (Å²) in [4.78, 5) is 3.95. The Bertz CT molecular complexity index is 562. The summed E-state index contributed by atoms with van der Waals surface area (Å²) in [6.07, 6.45) is 4.32. The van der Waals surface area contributed by atoms with Crippen molar-refractivity contribution < 1.29 is 8.42 Å². The fourth-order valence-electron chi connectivity index (χ4n) is 2.25. The van der Waals surface area contributed by atoms with Crippen LogP contribution in [0, 0.1) is 6.92 Å². The van der Waals surface area contributed by atoms with Crippen LogP contribution in [0.4, 0.5) is 5.69 Å². The number of aryl methyl sites for hydroxylation is 1. The fourth-order valence-corrected chi connectivity index (χ4v) is 3.83. The van der Waals surface area contributed by atoms with Crippen LogP contribution in [0.2, 0.25) is 5.15 Å². The second-order valence-electron chi connectivity index (χ2n) is 4.89. The molecule has 1 aliphatic heterocycles. The quantitative estimate of drug-likeness (QED) is 0.873. The highest BCUT2D eigenvalue weighted by atomic mass is 35.5. The lowest BCUT2D eigenvalue weighted by atomic mass is 10.1. The van der Waals surface area contributed by atoms with E-state index in [-0.39, 0.29) is 6.04 Å². The lowest BCUT2D eigenvalue weighted by molar-refractivity contribution is 0.270. The summed E-state index contributed by atoms with van der Waals surface area (Å²) in [5.41, 5.74) is 1.19. The van der Waals surface area contributed by atoms with Gasteiger partial charge in [0.1, 0.15) is 5.15 Å². The molecule has 1 unspecified atom stereocenters. The van der Waals surface area contributed by atoms with Crippen LogP contribution in [0.25, 0.3) is 0 Å². The van der Waals surface area contributed by atoms with Gasteiger partial charge in [-0.2, -0.15) is 12.7 Å². The van der Waals surface area contributed by atoms with Gasteiger partial charge in [-0.25, -0.2) is 4.98 Å². The van der Waals surface area contributed by atoms with Gasteiger partial charge in [-0.1, -0.05) is 18.0 Å². The average molecular weight is 304 g/mol. The Balaban J connectivity index is 2.18. The smallest absolute Gasteiger partial charge is 0.269 e. The Hall–Kier alpha value is -0.850. The zero-order valence-electron chi connectivity index (χ0n) is 11.1. The van der Waals surface area contributed by atoms with Crippen molar-refractivity contribution in [1.29, 1.82) is 0 Å². The van der Waals surface area contributed by atoms with Crippen LogP contribution >= 0.6 is 11.6 Å². The SMILES string of the molecule is Cc1cc(NS(=O)(=O)N2CCCCC2C)cnc1Cl. The Kier molecular flexibility index (Phi) is 4.32. The minimum absolute atomic E-state index is 0.0348. The summed E-state index contributed by atoms with van der Waals surface area (Å²) in [6.45, 7) is 4.29. The average Bonchev–Trinajstić information content (AvgIpc) is 2.34. The van der Waals surface area contributed by atoms with E-state index in [0.29, 0.717) is 17.4 Å². The van der Waals surface area contributed by atoms with E-state index in [0.717, 1.165) is 24.8 Å². The molecule has 0 spiro atoms. The number of piperidine rings is 1. The van der Waals surface area contributed by atoms with E-state index in [2.05, 4.69) is 9.71 Å². The van der Waals surface area contributed by atoms with E-state index < -0.39 is 10.2 Å². The standard InChI is InChI=1S/C12H18ClN3O2S/c1-9-7-11(8-14-12(9)13)15-19(17,18)16-6-4-3-5-10(16)2/h7-8,10,15H,3-6H2,1-2H3. The van der Waals surface area contributed by atoms with Gasteiger partial charge in [0.2, 0.25) is 0 Å². The molecule has 1 aromatic heterocycles. The van der Waals surface area contributed by atoms with Crippen LogP contribution in [0.1, 0.15) is 31.7 Å². The molecule has 0 radical (unpaired) electrons. The number of halogens is 1. The number of hydrogen-bond donors (Lipinski definition) is 1. The van der Waals surface area contributed by atoms with E-state index in [1.54, 1.807) is 13.0 Å². The predicted molar refractivity (Wildman–Crippen MR) is 76.5 cm³/mol. The fraction of sp³-hybridized carbons (Fsp3) is 0.583. The van der Waals surface area contributed by atoms with E-state index in [1.807, 2.05) is 6.92 Å². The minimum Gasteiger partial charge on any atom is -0.269 e. The monoisotopic (exact) mass is 303 g/mol. The molecular formula is C12H18ClN3O2S. The molecule has 19 heavy (non-hydrogen) atoms. The lowest BCUT2D eigenvalue weighted by Gasteiger charge is -2.32. The van der Waals surface area contributed by atoms with Gasteiger partial charge < -0.3 is 0 Å². The van der Waals surface area contributed by atoms with Crippen molar-refractivity contribution in [3.8, 4) is 0 Å². The molecular weight excluding hydrogens is 286 g/mol. The first kappa shape index (κ1) is 14.6. The molecule has 106 valence electrons. The van der Waals surface area contributed by atoms with Crippen LogP contribution < -0.4 is 4.72 Å². The summed E-state index contributed by atoms with van der Waals surface area (Å²) in [6, 6.07) is 1.72. The lowest BCUT2D eigenvalue weighted by Crippen LogP contribution is -2.44. The molecule has 1 N–H and O–H groups in total. The molecule has 1 fully saturated rings. The second-order valence-corrected chi connectivity index (χ2v) is 6.88. The van der Waals surface area contributed by atoms with E-state index in [1.165, 1.54) is 10.5 Å². The highest BCUT2D eigenvalue weighted by Gasteiger charge is 2.29. The van der Waals surface area contributed by atoms with Crippen molar-refractivity contribution in [3.63, 3.8) is 0 Å². The second kappa shape index (κ2) is 5.64. The summed E-state index contributed by atoms with van der Waals surface area (Å²) in [5, 5.41) is 0.384. The summed E-state index contributed by atoms with van der Waals surface area (Å²) >= 11 is 5.82. The first-order valence-corrected chi connectivity index (χ1v) is 8.13. The molecule has 0 amide bonds. The van der Waals surface area contributed by atoms with Gasteiger partial charge in [-0.3, -0.25) is 4.72 Å². The van der Waals surface area contributed by atoms with Gasteiger partial charge >= 0.3 is 10.2 Å². The molecule has 0 saturated carbocycles. The Morgan fingerprint density at radius 3 is 2.84 bits per heavy atom. The first-order chi connectivity index (χ1) is 8.90. The predicted octanol–water partition coefficient (Wildman–Crippen LogP) is 2.57. The molecule has 5 nitrogen and oxygen atoms in total. The molecule has 1 aliphatic rings. The van der Waals surface area contributed by atoms with Crippen molar-refractivity contribution >= 4 is 27.5 Å².